The second kappa shape index (κ2) is 10.0. The predicted octanol–water partition coefficient (Wildman–Crippen LogP) is 7.21. The van der Waals surface area contributed by atoms with E-state index in [0.29, 0.717) is 5.56 Å². The molecule has 30 heavy (non-hydrogen) atoms. The number of hydrogen-bond acceptors (Lipinski definition) is 2. The number of halogens is 3. The van der Waals surface area contributed by atoms with Crippen molar-refractivity contribution < 1.29 is 22.6 Å². The van der Waals surface area contributed by atoms with Crippen molar-refractivity contribution in [1.29, 1.82) is 0 Å². The Labute approximate surface area is 174 Å². The van der Waals surface area contributed by atoms with Crippen LogP contribution in [0, 0.1) is 17.5 Å². The Hall–Kier alpha value is -3.21. The molecule has 0 radical (unpaired) electrons. The summed E-state index contributed by atoms with van der Waals surface area (Å²) in [6.07, 6.45) is 4.87. The van der Waals surface area contributed by atoms with E-state index in [4.69, 9.17) is 9.47 Å². The summed E-state index contributed by atoms with van der Waals surface area (Å²) in [5.41, 5.74) is 2.81. The van der Waals surface area contributed by atoms with Crippen LogP contribution in [0.2, 0.25) is 0 Å². The molecule has 0 spiro atoms. The average Bonchev–Trinajstić information content (AvgIpc) is 2.75. The zero-order chi connectivity index (χ0) is 21.5. The molecule has 3 rings (SSSR count). The molecule has 0 saturated heterocycles. The van der Waals surface area contributed by atoms with Gasteiger partial charge in [0.1, 0.15) is 6.61 Å². The first-order valence-electron chi connectivity index (χ1n) is 9.79. The highest BCUT2D eigenvalue weighted by Crippen LogP contribution is 2.28. The number of aryl methyl sites for hydroxylation is 1. The molecule has 2 nitrogen and oxygen atoms in total. The van der Waals surface area contributed by atoms with Gasteiger partial charge in [-0.2, -0.15) is 4.39 Å². The molecule has 0 bridgehead atoms. The van der Waals surface area contributed by atoms with Crippen LogP contribution >= 0.6 is 0 Å². The highest BCUT2D eigenvalue weighted by atomic mass is 19.2. The van der Waals surface area contributed by atoms with Gasteiger partial charge < -0.3 is 9.47 Å². The van der Waals surface area contributed by atoms with Crippen LogP contribution in [-0.2, 0) is 13.0 Å². The SMILES string of the molecule is CC=COc1ccc(COc2ccc(-c3ccc(CCC)cc3)cc2F)c(F)c1F. The third kappa shape index (κ3) is 5.03. The molecule has 3 aromatic carbocycles. The van der Waals surface area contributed by atoms with Crippen LogP contribution in [0.4, 0.5) is 13.2 Å². The molecule has 0 N–H and O–H groups in total. The molecule has 0 heterocycles. The van der Waals surface area contributed by atoms with Gasteiger partial charge in [0, 0.05) is 5.56 Å². The summed E-state index contributed by atoms with van der Waals surface area (Å²) in [7, 11) is 0. The lowest BCUT2D eigenvalue weighted by Gasteiger charge is -2.11. The molecule has 0 saturated carbocycles. The summed E-state index contributed by atoms with van der Waals surface area (Å²) in [6, 6.07) is 15.2. The zero-order valence-corrected chi connectivity index (χ0v) is 16.9. The van der Waals surface area contributed by atoms with E-state index in [2.05, 4.69) is 6.92 Å². The normalized spacial score (nSPS) is 11.1. The number of benzene rings is 3. The lowest BCUT2D eigenvalue weighted by molar-refractivity contribution is 0.281. The first-order chi connectivity index (χ1) is 14.5. The number of rotatable bonds is 8. The molecule has 0 fully saturated rings. The maximum absolute atomic E-state index is 14.5. The van der Waals surface area contributed by atoms with Crippen LogP contribution in [0.25, 0.3) is 11.1 Å². The number of allylic oxidation sites excluding steroid dienone is 1. The standard InChI is InChI=1S/C25H23F3O2/c1-3-5-17-6-8-18(9-7-17)19-10-12-22(21(26)15-19)30-16-20-11-13-23(29-14-4-2)25(28)24(20)27/h4,6-15H,3,5,16H2,1-2H3. The predicted molar refractivity (Wildman–Crippen MR) is 112 cm³/mol. The molecular formula is C25H23F3O2. The van der Waals surface area contributed by atoms with Crippen molar-refractivity contribution >= 4 is 0 Å². The number of ether oxygens (including phenoxy) is 2. The maximum Gasteiger partial charge on any atom is 0.201 e. The highest BCUT2D eigenvalue weighted by Gasteiger charge is 2.15. The van der Waals surface area contributed by atoms with Gasteiger partial charge in [0.2, 0.25) is 5.82 Å². The van der Waals surface area contributed by atoms with Crippen LogP contribution in [-0.4, -0.2) is 0 Å². The molecule has 0 aliphatic heterocycles. The van der Waals surface area contributed by atoms with E-state index >= 15 is 0 Å². The Kier molecular flexibility index (Phi) is 7.17. The van der Waals surface area contributed by atoms with Gasteiger partial charge in [0.25, 0.3) is 0 Å². The molecule has 0 atom stereocenters. The van der Waals surface area contributed by atoms with Crippen molar-refractivity contribution in [3.8, 4) is 22.6 Å². The third-order valence-electron chi connectivity index (χ3n) is 4.60. The van der Waals surface area contributed by atoms with Crippen molar-refractivity contribution in [2.24, 2.45) is 0 Å². The second-order valence-electron chi connectivity index (χ2n) is 6.82. The van der Waals surface area contributed by atoms with E-state index in [0.717, 1.165) is 18.4 Å². The van der Waals surface area contributed by atoms with E-state index in [-0.39, 0.29) is 23.7 Å². The Morgan fingerprint density at radius 2 is 1.53 bits per heavy atom. The minimum absolute atomic E-state index is 0.0320. The molecule has 0 aromatic heterocycles. The topological polar surface area (TPSA) is 18.5 Å². The second-order valence-corrected chi connectivity index (χ2v) is 6.82. The van der Waals surface area contributed by atoms with Crippen molar-refractivity contribution in [2.75, 3.05) is 0 Å². The van der Waals surface area contributed by atoms with Gasteiger partial charge in [-0.25, -0.2) is 8.78 Å². The fraction of sp³-hybridized carbons (Fsp3) is 0.200. The highest BCUT2D eigenvalue weighted by molar-refractivity contribution is 5.64. The van der Waals surface area contributed by atoms with Gasteiger partial charge in [-0.3, -0.25) is 0 Å². The zero-order valence-electron chi connectivity index (χ0n) is 16.9. The van der Waals surface area contributed by atoms with Crippen LogP contribution in [0.3, 0.4) is 0 Å². The molecule has 5 heteroatoms. The van der Waals surface area contributed by atoms with Crippen molar-refractivity contribution in [1.82, 2.24) is 0 Å². The fourth-order valence-corrected chi connectivity index (χ4v) is 3.02. The quantitative estimate of drug-likeness (QED) is 0.364. The monoisotopic (exact) mass is 412 g/mol. The van der Waals surface area contributed by atoms with E-state index in [1.165, 1.54) is 36.1 Å². The minimum atomic E-state index is -1.11. The molecular weight excluding hydrogens is 389 g/mol. The van der Waals surface area contributed by atoms with Crippen LogP contribution in [0.15, 0.2) is 66.9 Å². The Bertz CT molecular complexity index is 1030. The third-order valence-corrected chi connectivity index (χ3v) is 4.60. The molecule has 0 aliphatic carbocycles. The summed E-state index contributed by atoms with van der Waals surface area (Å²) >= 11 is 0. The lowest BCUT2D eigenvalue weighted by atomic mass is 10.0. The van der Waals surface area contributed by atoms with Gasteiger partial charge >= 0.3 is 0 Å². The summed E-state index contributed by atoms with van der Waals surface area (Å²) in [6.45, 7) is 3.50. The van der Waals surface area contributed by atoms with Gasteiger partial charge in [0.15, 0.2) is 23.1 Å². The minimum Gasteiger partial charge on any atom is -0.486 e. The Morgan fingerprint density at radius 1 is 0.833 bits per heavy atom. The molecule has 0 aliphatic rings. The van der Waals surface area contributed by atoms with E-state index < -0.39 is 17.5 Å². The molecule has 3 aromatic rings. The largest absolute Gasteiger partial charge is 0.486 e. The van der Waals surface area contributed by atoms with Gasteiger partial charge in [-0.05, 0) is 54.3 Å². The van der Waals surface area contributed by atoms with E-state index in [1.54, 1.807) is 19.1 Å². The first-order valence-corrected chi connectivity index (χ1v) is 9.79. The summed E-state index contributed by atoms with van der Waals surface area (Å²) in [5.74, 6) is -3.03. The van der Waals surface area contributed by atoms with Gasteiger partial charge in [-0.15, -0.1) is 0 Å². The van der Waals surface area contributed by atoms with E-state index in [9.17, 15) is 13.2 Å². The van der Waals surface area contributed by atoms with Gasteiger partial charge in [0.05, 0.1) is 6.26 Å². The molecule has 0 amide bonds. The molecule has 156 valence electrons. The van der Waals surface area contributed by atoms with Crippen molar-refractivity contribution in [3.63, 3.8) is 0 Å². The fourth-order valence-electron chi connectivity index (χ4n) is 3.02. The smallest absolute Gasteiger partial charge is 0.201 e. The maximum atomic E-state index is 14.5. The van der Waals surface area contributed by atoms with Gasteiger partial charge in [-0.1, -0.05) is 49.8 Å². The summed E-state index contributed by atoms with van der Waals surface area (Å²) in [5, 5.41) is 0. The summed E-state index contributed by atoms with van der Waals surface area (Å²) < 4.78 is 53.1. The Morgan fingerprint density at radius 3 is 2.20 bits per heavy atom. The molecule has 0 unspecified atom stereocenters. The van der Waals surface area contributed by atoms with Crippen molar-refractivity contribution in [3.05, 3.63) is 95.5 Å². The lowest BCUT2D eigenvalue weighted by Crippen LogP contribution is -2.03. The van der Waals surface area contributed by atoms with Crippen LogP contribution in [0.5, 0.6) is 11.5 Å². The van der Waals surface area contributed by atoms with Crippen molar-refractivity contribution in [2.45, 2.75) is 33.3 Å². The van der Waals surface area contributed by atoms with Crippen LogP contribution in [0.1, 0.15) is 31.4 Å². The number of hydrogen-bond donors (Lipinski definition) is 0. The first kappa shape index (κ1) is 21.5. The van der Waals surface area contributed by atoms with E-state index in [1.807, 2.05) is 24.3 Å². The average molecular weight is 412 g/mol. The van der Waals surface area contributed by atoms with Crippen LogP contribution < -0.4 is 9.47 Å². The Balaban J connectivity index is 1.71. The summed E-state index contributed by atoms with van der Waals surface area (Å²) in [4.78, 5) is 0.